The molecule has 2 aromatic carbocycles. The molecule has 78 heavy (non-hydrogen) atoms. The molecule has 0 aliphatic carbocycles. The number of amides is 6. The third-order valence-corrected chi connectivity index (χ3v) is 13.8. The molecule has 3 aliphatic rings. The van der Waals surface area contributed by atoms with Crippen molar-refractivity contribution in [1.82, 2.24) is 20.4 Å². The van der Waals surface area contributed by atoms with Crippen molar-refractivity contribution in [2.24, 2.45) is 0 Å². The molecule has 0 unspecified atom stereocenters. The summed E-state index contributed by atoms with van der Waals surface area (Å²) in [6, 6.07) is 13.3. The van der Waals surface area contributed by atoms with Gasteiger partial charge in [-0.25, -0.2) is 0 Å². The molecule has 0 aromatic heterocycles. The third kappa shape index (κ3) is 33.0. The monoisotopic (exact) mass is 1080 g/mol. The summed E-state index contributed by atoms with van der Waals surface area (Å²) in [4.78, 5) is 103. The van der Waals surface area contributed by atoms with E-state index in [9.17, 15) is 38.4 Å². The lowest BCUT2D eigenvalue weighted by atomic mass is 10.0. The van der Waals surface area contributed by atoms with E-state index in [1.54, 1.807) is 72.4 Å². The van der Waals surface area contributed by atoms with E-state index in [2.05, 4.69) is 33.4 Å². The number of ether oxygens (including phenoxy) is 1. The van der Waals surface area contributed by atoms with Crippen LogP contribution in [0.1, 0.15) is 209 Å². The zero-order valence-corrected chi connectivity index (χ0v) is 47.4. The predicted octanol–water partition coefficient (Wildman–Crippen LogP) is 11.9. The number of ketones is 1. The molecule has 6 amide bonds. The molecule has 430 valence electrons. The van der Waals surface area contributed by atoms with Gasteiger partial charge in [-0.2, -0.15) is 0 Å². The molecule has 3 heterocycles. The molecule has 0 atom stereocenters. The highest BCUT2D eigenvalue weighted by molar-refractivity contribution is 6.10. The average Bonchev–Trinajstić information content (AvgIpc) is 3.44. The van der Waals surface area contributed by atoms with Crippen LogP contribution in [0.4, 0.5) is 11.4 Å². The van der Waals surface area contributed by atoms with E-state index in [4.69, 9.17) is 4.74 Å². The van der Waals surface area contributed by atoms with Gasteiger partial charge in [0.25, 0.3) is 0 Å². The van der Waals surface area contributed by atoms with E-state index in [0.29, 0.717) is 61.7 Å². The largest absolute Gasteiger partial charge is 0.466 e. The summed E-state index contributed by atoms with van der Waals surface area (Å²) in [7, 11) is 3.57. The number of rotatable bonds is 0. The van der Waals surface area contributed by atoms with E-state index >= 15 is 0 Å². The van der Waals surface area contributed by atoms with Gasteiger partial charge in [0.15, 0.2) is 5.78 Å². The molecular weight excluding hydrogens is 985 g/mol. The van der Waals surface area contributed by atoms with Gasteiger partial charge in [0.1, 0.15) is 0 Å². The highest BCUT2D eigenvalue weighted by atomic mass is 16.5. The molecule has 15 heteroatoms. The molecular formula is C63H94N6O9. The van der Waals surface area contributed by atoms with Gasteiger partial charge in [-0.1, -0.05) is 115 Å². The zero-order valence-electron chi connectivity index (χ0n) is 47.4. The Balaban J connectivity index is 1.36. The van der Waals surface area contributed by atoms with Crippen LogP contribution < -0.4 is 21.3 Å². The standard InChI is InChI=1S/C63H94N6O9/c1-68-49-29-23-17-11-5-3-9-15-21-27-47-64-56(70)41-42-59(73)67-55-39-35-53(36-40-55)63(77)52-33-37-54(38-34-52)66-58(72)32-26-20-14-8-7-13-19-25-31-51-78-62(76)46-43-57(71)65-48-28-22-16-10-4-6-12-18-24-30-50-69(2)61(75)45-44-60(68)74/h7-8,33-42,44-45H,3-6,9-32,43,46-51H2,1-2H3,(H,64,70)(H,65,71)(H,66,72)(H,67,73). The van der Waals surface area contributed by atoms with Gasteiger partial charge in [-0.3, -0.25) is 38.4 Å². The maximum absolute atomic E-state index is 13.2. The van der Waals surface area contributed by atoms with Crippen LogP contribution in [0.5, 0.6) is 0 Å². The number of hydrogen-bond donors (Lipinski definition) is 4. The van der Waals surface area contributed by atoms with Crippen molar-refractivity contribution in [2.45, 2.75) is 193 Å². The molecule has 15 nitrogen and oxygen atoms in total. The summed E-state index contributed by atoms with van der Waals surface area (Å²) in [6.45, 7) is 2.85. The first-order valence-electron chi connectivity index (χ1n) is 29.5. The minimum Gasteiger partial charge on any atom is -0.466 e. The van der Waals surface area contributed by atoms with E-state index in [1.165, 1.54) is 62.8 Å². The van der Waals surface area contributed by atoms with Crippen molar-refractivity contribution in [3.05, 3.63) is 96.1 Å². The van der Waals surface area contributed by atoms with Crippen LogP contribution in [0.2, 0.25) is 0 Å². The Kier molecular flexibility index (Phi) is 36.0. The number of carbonyl (C=O) groups excluding carboxylic acids is 8. The van der Waals surface area contributed by atoms with Gasteiger partial charge in [0.2, 0.25) is 35.4 Å². The lowest BCUT2D eigenvalue weighted by Crippen LogP contribution is -2.28. The first-order chi connectivity index (χ1) is 37.9. The second-order valence-electron chi connectivity index (χ2n) is 20.7. The SMILES string of the molecule is CN1CCCCCCCCCCCCNC(=O)C=CC(=O)Nc2ccc(cc2)C(=O)c2ccc(cc2)NC(=O)CCCCC=CCCCCCOC(=O)CCC(=O)NCCCCCCCCCCCCN(C)C(=O)C=CC1=O. The minimum absolute atomic E-state index is 0.0859. The number of carbonyl (C=O) groups is 8. The summed E-state index contributed by atoms with van der Waals surface area (Å²) in [5.74, 6) is -1.84. The Labute approximate surface area is 466 Å². The smallest absolute Gasteiger partial charge is 0.306 e. The van der Waals surface area contributed by atoms with Crippen LogP contribution in [-0.4, -0.2) is 104 Å². The molecule has 2 aromatic rings. The number of anilines is 2. The number of hydrogen-bond acceptors (Lipinski definition) is 9. The van der Waals surface area contributed by atoms with Gasteiger partial charge < -0.3 is 35.8 Å². The highest BCUT2D eigenvalue weighted by Crippen LogP contribution is 2.18. The zero-order chi connectivity index (χ0) is 56.3. The summed E-state index contributed by atoms with van der Waals surface area (Å²) in [5, 5.41) is 11.4. The van der Waals surface area contributed by atoms with Crippen LogP contribution in [0.3, 0.4) is 0 Å². The van der Waals surface area contributed by atoms with Gasteiger partial charge in [-0.05, 0) is 119 Å². The molecule has 0 radical (unpaired) electrons. The molecule has 0 saturated carbocycles. The van der Waals surface area contributed by atoms with E-state index in [1.807, 2.05) is 0 Å². The molecule has 5 rings (SSSR count). The number of esters is 1. The summed E-state index contributed by atoms with van der Waals surface area (Å²) in [5.41, 5.74) is 1.99. The quantitative estimate of drug-likeness (QED) is 0.146. The normalized spacial score (nSPS) is 19.7. The van der Waals surface area contributed by atoms with Gasteiger partial charge in [0, 0.05) is 99.9 Å². The number of allylic oxidation sites excluding steroid dienone is 2. The number of fused-ring (bicyclic) bond motifs is 2. The number of likely N-dealkylation sites (N-methyl/N-ethyl adjacent to an activating group) is 2. The van der Waals surface area contributed by atoms with Crippen molar-refractivity contribution in [3.63, 3.8) is 0 Å². The highest BCUT2D eigenvalue weighted by Gasteiger charge is 2.13. The van der Waals surface area contributed by atoms with Gasteiger partial charge in [0.05, 0.1) is 13.0 Å². The Bertz CT molecular complexity index is 2170. The fraction of sp³-hybridized carbons (Fsp3) is 0.587. The Morgan fingerprint density at radius 2 is 0.808 bits per heavy atom. The first kappa shape index (κ1) is 65.9. The maximum atomic E-state index is 13.2. The Hall–Kier alpha value is -6.38. The lowest BCUT2D eigenvalue weighted by molar-refractivity contribution is -0.145. The Morgan fingerprint density at radius 1 is 0.385 bits per heavy atom. The lowest BCUT2D eigenvalue weighted by Gasteiger charge is -2.16. The molecule has 4 N–H and O–H groups in total. The molecule has 4 bridgehead atoms. The van der Waals surface area contributed by atoms with Gasteiger partial charge in [-0.15, -0.1) is 0 Å². The molecule has 3 aliphatic heterocycles. The first-order valence-corrected chi connectivity index (χ1v) is 29.5. The van der Waals surface area contributed by atoms with Crippen molar-refractivity contribution < 1.29 is 43.1 Å². The van der Waals surface area contributed by atoms with Crippen LogP contribution in [0.15, 0.2) is 85.0 Å². The molecule has 0 fully saturated rings. The van der Waals surface area contributed by atoms with Gasteiger partial charge >= 0.3 is 5.97 Å². The van der Waals surface area contributed by atoms with Crippen molar-refractivity contribution >= 4 is 58.6 Å². The van der Waals surface area contributed by atoms with Crippen molar-refractivity contribution in [2.75, 3.05) is 57.5 Å². The van der Waals surface area contributed by atoms with Crippen LogP contribution in [0, 0.1) is 0 Å². The summed E-state index contributed by atoms with van der Waals surface area (Å²) < 4.78 is 5.33. The fourth-order valence-corrected chi connectivity index (χ4v) is 8.91. The summed E-state index contributed by atoms with van der Waals surface area (Å²) >= 11 is 0. The van der Waals surface area contributed by atoms with Crippen molar-refractivity contribution in [3.8, 4) is 0 Å². The van der Waals surface area contributed by atoms with E-state index in [0.717, 1.165) is 135 Å². The predicted molar refractivity (Wildman–Crippen MR) is 312 cm³/mol. The van der Waals surface area contributed by atoms with E-state index in [-0.39, 0.29) is 54.1 Å². The van der Waals surface area contributed by atoms with Crippen LogP contribution in [-0.2, 0) is 38.3 Å². The molecule has 0 spiro atoms. The molecule has 0 saturated heterocycles. The topological polar surface area (TPSA) is 200 Å². The number of benzene rings is 2. The second-order valence-corrected chi connectivity index (χ2v) is 20.7. The second kappa shape index (κ2) is 42.6. The number of nitrogens with one attached hydrogen (secondary N) is 4. The number of nitrogens with zero attached hydrogens (tertiary/aromatic N) is 2. The van der Waals surface area contributed by atoms with E-state index < -0.39 is 5.91 Å². The van der Waals surface area contributed by atoms with Crippen LogP contribution >= 0.6 is 0 Å². The third-order valence-electron chi connectivity index (χ3n) is 13.8. The summed E-state index contributed by atoms with van der Waals surface area (Å²) in [6.07, 6.45) is 38.0. The fourth-order valence-electron chi connectivity index (χ4n) is 8.91. The maximum Gasteiger partial charge on any atom is 0.306 e. The van der Waals surface area contributed by atoms with Crippen LogP contribution in [0.25, 0.3) is 0 Å². The van der Waals surface area contributed by atoms with Crippen molar-refractivity contribution in [1.29, 1.82) is 0 Å². The average molecular weight is 1080 g/mol. The Morgan fingerprint density at radius 3 is 1.32 bits per heavy atom. The minimum atomic E-state index is -0.461.